The Morgan fingerprint density at radius 1 is 1.17 bits per heavy atom. The van der Waals surface area contributed by atoms with E-state index in [1.165, 1.54) is 19.1 Å². The second kappa shape index (κ2) is 9.44. The van der Waals surface area contributed by atoms with Gasteiger partial charge in [0.1, 0.15) is 11.5 Å². The Morgan fingerprint density at radius 2 is 1.83 bits per heavy atom. The highest BCUT2D eigenvalue weighted by Crippen LogP contribution is 2.36. The Balaban J connectivity index is 3.01. The number of carbonyl (C=O) groups excluding carboxylic acids is 1. The highest BCUT2D eigenvalue weighted by atomic mass is 35.5. The summed E-state index contributed by atoms with van der Waals surface area (Å²) in [6, 6.07) is 2.53. The summed E-state index contributed by atoms with van der Waals surface area (Å²) in [6.45, 7) is 2.60. The zero-order chi connectivity index (χ0) is 17.5. The van der Waals surface area contributed by atoms with Crippen molar-refractivity contribution in [2.75, 3.05) is 39.3 Å². The quantitative estimate of drug-likeness (QED) is 0.455. The SMILES string of the molecule is CCS(=O)(=O)c1ccc(C(=O)Cl)c(Cl)c1OCCOCCOC. The van der Waals surface area contributed by atoms with E-state index in [0.717, 1.165) is 0 Å². The molecule has 0 atom stereocenters. The molecule has 0 bridgehead atoms. The van der Waals surface area contributed by atoms with Crippen molar-refractivity contribution in [3.05, 3.63) is 22.7 Å². The minimum atomic E-state index is -3.57. The van der Waals surface area contributed by atoms with E-state index in [0.29, 0.717) is 13.2 Å². The molecule has 1 aromatic rings. The van der Waals surface area contributed by atoms with Gasteiger partial charge >= 0.3 is 0 Å². The summed E-state index contributed by atoms with van der Waals surface area (Å²) in [5, 5.41) is -0.923. The first-order valence-electron chi connectivity index (χ1n) is 6.79. The molecule has 0 aliphatic carbocycles. The molecule has 1 rings (SSSR count). The maximum atomic E-state index is 12.1. The summed E-state index contributed by atoms with van der Waals surface area (Å²) in [6.07, 6.45) is 0. The lowest BCUT2D eigenvalue weighted by molar-refractivity contribution is 0.0539. The summed E-state index contributed by atoms with van der Waals surface area (Å²) >= 11 is 11.5. The van der Waals surface area contributed by atoms with E-state index in [4.69, 9.17) is 37.4 Å². The zero-order valence-corrected chi connectivity index (χ0v) is 15.1. The third-order valence-corrected chi connectivity index (χ3v) is 5.22. The molecule has 0 aliphatic heterocycles. The van der Waals surface area contributed by atoms with E-state index in [9.17, 15) is 13.2 Å². The molecule has 0 N–H and O–H groups in total. The van der Waals surface area contributed by atoms with Crippen LogP contribution in [0.4, 0.5) is 0 Å². The number of halogens is 2. The van der Waals surface area contributed by atoms with Crippen LogP contribution in [-0.2, 0) is 19.3 Å². The predicted octanol–water partition coefficient (Wildman–Crippen LogP) is 2.55. The molecule has 23 heavy (non-hydrogen) atoms. The van der Waals surface area contributed by atoms with Gasteiger partial charge in [-0.05, 0) is 23.7 Å². The number of methoxy groups -OCH3 is 1. The molecule has 0 heterocycles. The van der Waals surface area contributed by atoms with Gasteiger partial charge in [-0.1, -0.05) is 18.5 Å². The maximum Gasteiger partial charge on any atom is 0.254 e. The van der Waals surface area contributed by atoms with Gasteiger partial charge in [-0.15, -0.1) is 0 Å². The Morgan fingerprint density at radius 3 is 2.39 bits per heavy atom. The molecule has 0 unspecified atom stereocenters. The van der Waals surface area contributed by atoms with Crippen molar-refractivity contribution in [3.8, 4) is 5.75 Å². The Kier molecular flexibility index (Phi) is 8.28. The number of hydrogen-bond acceptors (Lipinski definition) is 6. The first-order chi connectivity index (χ1) is 10.8. The van der Waals surface area contributed by atoms with Crippen LogP contribution < -0.4 is 4.74 Å². The molecular formula is C14H18Cl2O6S. The molecule has 0 fully saturated rings. The summed E-state index contributed by atoms with van der Waals surface area (Å²) in [5.74, 6) is -0.214. The second-order valence-electron chi connectivity index (χ2n) is 4.39. The van der Waals surface area contributed by atoms with Crippen LogP contribution >= 0.6 is 23.2 Å². The van der Waals surface area contributed by atoms with E-state index in [1.807, 2.05) is 0 Å². The van der Waals surface area contributed by atoms with Gasteiger partial charge in [0.25, 0.3) is 5.24 Å². The lowest BCUT2D eigenvalue weighted by Crippen LogP contribution is -2.13. The van der Waals surface area contributed by atoms with Crippen LogP contribution in [0.5, 0.6) is 5.75 Å². The third-order valence-electron chi connectivity index (χ3n) is 2.89. The first-order valence-corrected chi connectivity index (χ1v) is 9.20. The van der Waals surface area contributed by atoms with Gasteiger partial charge in [0.2, 0.25) is 0 Å². The van der Waals surface area contributed by atoms with Gasteiger partial charge in [-0.2, -0.15) is 0 Å². The van der Waals surface area contributed by atoms with Crippen molar-refractivity contribution in [2.45, 2.75) is 11.8 Å². The molecule has 0 saturated heterocycles. The summed E-state index contributed by atoms with van der Waals surface area (Å²) < 4.78 is 39.7. The average molecular weight is 385 g/mol. The number of sulfone groups is 1. The Bertz CT molecular complexity index is 645. The molecule has 0 amide bonds. The normalized spacial score (nSPS) is 11.5. The lowest BCUT2D eigenvalue weighted by Gasteiger charge is -2.14. The Hall–Kier alpha value is -0.860. The smallest absolute Gasteiger partial charge is 0.254 e. The fraction of sp³-hybridized carbons (Fsp3) is 0.500. The lowest BCUT2D eigenvalue weighted by atomic mass is 10.2. The van der Waals surface area contributed by atoms with Crippen molar-refractivity contribution < 1.29 is 27.4 Å². The second-order valence-corrected chi connectivity index (χ2v) is 7.35. The van der Waals surface area contributed by atoms with E-state index in [-0.39, 0.29) is 40.2 Å². The Labute approximate surface area is 145 Å². The van der Waals surface area contributed by atoms with Crippen molar-refractivity contribution in [1.29, 1.82) is 0 Å². The highest BCUT2D eigenvalue weighted by molar-refractivity contribution is 7.91. The standard InChI is InChI=1S/C14H18Cl2O6S/c1-3-23(18,19)11-5-4-10(14(16)17)12(15)13(11)22-9-8-21-7-6-20-2/h4-5H,3,6-9H2,1-2H3. The summed E-state index contributed by atoms with van der Waals surface area (Å²) in [5.41, 5.74) is -0.0151. The molecule has 0 spiro atoms. The number of ether oxygens (including phenoxy) is 3. The zero-order valence-electron chi connectivity index (χ0n) is 12.8. The molecule has 130 valence electrons. The number of rotatable bonds is 10. The van der Waals surface area contributed by atoms with E-state index in [1.54, 1.807) is 7.11 Å². The van der Waals surface area contributed by atoms with Gasteiger partial charge < -0.3 is 14.2 Å². The monoisotopic (exact) mass is 384 g/mol. The van der Waals surface area contributed by atoms with Crippen LogP contribution in [0.2, 0.25) is 5.02 Å². The fourth-order valence-corrected chi connectivity index (χ4v) is 3.27. The largest absolute Gasteiger partial charge is 0.488 e. The number of benzene rings is 1. The van der Waals surface area contributed by atoms with Crippen LogP contribution in [0, 0.1) is 0 Å². The molecule has 0 aromatic heterocycles. The van der Waals surface area contributed by atoms with Crippen molar-refractivity contribution in [1.82, 2.24) is 0 Å². The number of hydrogen-bond donors (Lipinski definition) is 0. The van der Waals surface area contributed by atoms with Crippen LogP contribution in [0.1, 0.15) is 17.3 Å². The van der Waals surface area contributed by atoms with Gasteiger partial charge in [-0.25, -0.2) is 8.42 Å². The van der Waals surface area contributed by atoms with Crippen molar-refractivity contribution >= 4 is 38.3 Å². The molecular weight excluding hydrogens is 367 g/mol. The van der Waals surface area contributed by atoms with Crippen LogP contribution in [0.25, 0.3) is 0 Å². The third kappa shape index (κ3) is 5.61. The molecule has 1 aromatic carbocycles. The fourth-order valence-electron chi connectivity index (χ4n) is 1.67. The van der Waals surface area contributed by atoms with Crippen LogP contribution in [-0.4, -0.2) is 53.0 Å². The van der Waals surface area contributed by atoms with Crippen molar-refractivity contribution in [2.24, 2.45) is 0 Å². The maximum absolute atomic E-state index is 12.1. The van der Waals surface area contributed by atoms with Gasteiger partial charge in [0, 0.05) is 7.11 Å². The van der Waals surface area contributed by atoms with Gasteiger partial charge in [0.05, 0.1) is 36.2 Å². The minimum Gasteiger partial charge on any atom is -0.488 e. The van der Waals surface area contributed by atoms with E-state index < -0.39 is 15.1 Å². The summed E-state index contributed by atoms with van der Waals surface area (Å²) in [7, 11) is -2.02. The topological polar surface area (TPSA) is 78.9 Å². The van der Waals surface area contributed by atoms with E-state index in [2.05, 4.69) is 0 Å². The van der Waals surface area contributed by atoms with E-state index >= 15 is 0 Å². The summed E-state index contributed by atoms with van der Waals surface area (Å²) in [4.78, 5) is 11.3. The number of carbonyl (C=O) groups is 1. The highest BCUT2D eigenvalue weighted by Gasteiger charge is 2.24. The predicted molar refractivity (Wildman–Crippen MR) is 87.6 cm³/mol. The first kappa shape index (κ1) is 20.2. The van der Waals surface area contributed by atoms with Crippen molar-refractivity contribution in [3.63, 3.8) is 0 Å². The molecule has 0 radical (unpaired) electrons. The van der Waals surface area contributed by atoms with Gasteiger partial charge in [0.15, 0.2) is 15.6 Å². The molecule has 6 nitrogen and oxygen atoms in total. The van der Waals surface area contributed by atoms with Gasteiger partial charge in [-0.3, -0.25) is 4.79 Å². The van der Waals surface area contributed by atoms with Crippen LogP contribution in [0.3, 0.4) is 0 Å². The average Bonchev–Trinajstić information content (AvgIpc) is 2.51. The minimum absolute atomic E-state index is 0.0151. The molecule has 9 heteroatoms. The molecule has 0 saturated carbocycles. The van der Waals surface area contributed by atoms with Crippen LogP contribution in [0.15, 0.2) is 17.0 Å². The molecule has 0 aliphatic rings.